The highest BCUT2D eigenvalue weighted by Crippen LogP contribution is 2.41. The molecule has 2 fully saturated rings. The molecule has 2 unspecified atom stereocenters. The van der Waals surface area contributed by atoms with Crippen LogP contribution in [0.2, 0.25) is 0 Å². The quantitative estimate of drug-likeness (QED) is 0.898. The summed E-state index contributed by atoms with van der Waals surface area (Å²) in [6.07, 6.45) is -2.24. The summed E-state index contributed by atoms with van der Waals surface area (Å²) in [5.41, 5.74) is -1.16. The first kappa shape index (κ1) is 14.9. The van der Waals surface area contributed by atoms with Gasteiger partial charge in [0, 0.05) is 6.04 Å². The van der Waals surface area contributed by atoms with Gasteiger partial charge in [-0.2, -0.15) is 13.2 Å². The molecule has 0 heterocycles. The number of carbonyl (C=O) groups is 2. The molecule has 118 valence electrons. The minimum atomic E-state index is -4.53. The first-order chi connectivity index (χ1) is 10.4. The number of amides is 2. The number of hydrogen-bond donors (Lipinski definition) is 2. The molecule has 2 N–H and O–H groups in total. The lowest BCUT2D eigenvalue weighted by atomic mass is 10.1. The van der Waals surface area contributed by atoms with E-state index in [1.165, 1.54) is 18.2 Å². The molecule has 0 spiro atoms. The SMILES string of the molecule is O=C(Nc1ccccc1C(F)(F)F)C1CC1C(=O)NC1CC1. The monoisotopic (exact) mass is 312 g/mol. The van der Waals surface area contributed by atoms with E-state index in [0.717, 1.165) is 18.9 Å². The number of rotatable bonds is 4. The molecule has 2 aliphatic carbocycles. The van der Waals surface area contributed by atoms with Crippen LogP contribution in [0.4, 0.5) is 18.9 Å². The topological polar surface area (TPSA) is 58.2 Å². The maximum Gasteiger partial charge on any atom is 0.418 e. The van der Waals surface area contributed by atoms with Crippen molar-refractivity contribution in [3.05, 3.63) is 29.8 Å². The first-order valence-electron chi connectivity index (χ1n) is 7.13. The number of alkyl halides is 3. The van der Waals surface area contributed by atoms with Gasteiger partial charge in [0.25, 0.3) is 0 Å². The molecule has 2 atom stereocenters. The van der Waals surface area contributed by atoms with E-state index in [9.17, 15) is 22.8 Å². The average molecular weight is 312 g/mol. The van der Waals surface area contributed by atoms with Crippen molar-refractivity contribution in [2.24, 2.45) is 11.8 Å². The summed E-state index contributed by atoms with van der Waals surface area (Å²) in [7, 11) is 0. The average Bonchev–Trinajstić information content (AvgIpc) is 3.32. The molecular formula is C15H15F3N2O2. The third-order valence-electron chi connectivity index (χ3n) is 3.88. The molecule has 2 amide bonds. The van der Waals surface area contributed by atoms with Crippen molar-refractivity contribution in [3.8, 4) is 0 Å². The Hall–Kier alpha value is -2.05. The molecule has 0 saturated heterocycles. The summed E-state index contributed by atoms with van der Waals surface area (Å²) in [6.45, 7) is 0. The van der Waals surface area contributed by atoms with Crippen LogP contribution in [0.15, 0.2) is 24.3 Å². The fourth-order valence-electron chi connectivity index (χ4n) is 2.38. The largest absolute Gasteiger partial charge is 0.418 e. The Kier molecular flexibility index (Phi) is 3.58. The van der Waals surface area contributed by atoms with Gasteiger partial charge in [-0.25, -0.2) is 0 Å². The van der Waals surface area contributed by atoms with Crippen molar-refractivity contribution in [2.75, 3.05) is 5.32 Å². The number of benzene rings is 1. The van der Waals surface area contributed by atoms with Gasteiger partial charge in [-0.1, -0.05) is 12.1 Å². The van der Waals surface area contributed by atoms with E-state index in [1.54, 1.807) is 0 Å². The van der Waals surface area contributed by atoms with Crippen LogP contribution in [0, 0.1) is 11.8 Å². The second kappa shape index (κ2) is 5.30. The molecule has 1 aromatic carbocycles. The maximum absolute atomic E-state index is 12.9. The zero-order chi connectivity index (χ0) is 15.9. The standard InChI is InChI=1S/C15H15F3N2O2/c16-15(17,18)11-3-1-2-4-12(11)20-14(22)10-7-9(10)13(21)19-8-5-6-8/h1-4,8-10H,5-7H2,(H,19,21)(H,20,22). The van der Waals surface area contributed by atoms with Gasteiger partial charge in [-0.3, -0.25) is 9.59 Å². The van der Waals surface area contributed by atoms with Crippen molar-refractivity contribution in [1.29, 1.82) is 0 Å². The van der Waals surface area contributed by atoms with Gasteiger partial charge in [-0.15, -0.1) is 0 Å². The Balaban J connectivity index is 1.62. The van der Waals surface area contributed by atoms with Gasteiger partial charge in [0.2, 0.25) is 11.8 Å². The Morgan fingerprint density at radius 3 is 2.32 bits per heavy atom. The predicted octanol–water partition coefficient (Wildman–Crippen LogP) is 2.56. The van der Waals surface area contributed by atoms with E-state index >= 15 is 0 Å². The van der Waals surface area contributed by atoms with Crippen molar-refractivity contribution >= 4 is 17.5 Å². The van der Waals surface area contributed by atoms with Crippen LogP contribution in [0.3, 0.4) is 0 Å². The van der Waals surface area contributed by atoms with Gasteiger partial charge in [-0.05, 0) is 31.4 Å². The van der Waals surface area contributed by atoms with Gasteiger partial charge < -0.3 is 10.6 Å². The molecule has 0 aromatic heterocycles. The normalized spacial score (nSPS) is 23.8. The molecular weight excluding hydrogens is 297 g/mol. The summed E-state index contributed by atoms with van der Waals surface area (Å²) in [5, 5.41) is 5.10. The van der Waals surface area contributed by atoms with Crippen LogP contribution < -0.4 is 10.6 Å². The first-order valence-corrected chi connectivity index (χ1v) is 7.13. The molecule has 7 heteroatoms. The van der Waals surface area contributed by atoms with E-state index in [0.29, 0.717) is 6.42 Å². The summed E-state index contributed by atoms with van der Waals surface area (Å²) in [4.78, 5) is 23.8. The van der Waals surface area contributed by atoms with Crippen LogP contribution in [-0.2, 0) is 15.8 Å². The summed E-state index contributed by atoms with van der Waals surface area (Å²) in [5.74, 6) is -1.67. The lowest BCUT2D eigenvalue weighted by Gasteiger charge is -2.13. The van der Waals surface area contributed by atoms with Crippen molar-refractivity contribution < 1.29 is 22.8 Å². The molecule has 0 bridgehead atoms. The van der Waals surface area contributed by atoms with E-state index in [1.807, 2.05) is 0 Å². The number of anilines is 1. The van der Waals surface area contributed by atoms with E-state index in [-0.39, 0.29) is 17.6 Å². The summed E-state index contributed by atoms with van der Waals surface area (Å²) >= 11 is 0. The summed E-state index contributed by atoms with van der Waals surface area (Å²) < 4.78 is 38.6. The van der Waals surface area contributed by atoms with Gasteiger partial charge in [0.1, 0.15) is 0 Å². The molecule has 2 saturated carbocycles. The second-order valence-corrected chi connectivity index (χ2v) is 5.76. The number of hydrogen-bond acceptors (Lipinski definition) is 2. The highest BCUT2D eigenvalue weighted by molar-refractivity contribution is 6.00. The fourth-order valence-corrected chi connectivity index (χ4v) is 2.38. The molecule has 0 radical (unpaired) electrons. The van der Waals surface area contributed by atoms with Crippen molar-refractivity contribution in [1.82, 2.24) is 5.32 Å². The molecule has 4 nitrogen and oxygen atoms in total. The number of para-hydroxylation sites is 1. The molecule has 3 rings (SSSR count). The van der Waals surface area contributed by atoms with E-state index in [4.69, 9.17) is 0 Å². The van der Waals surface area contributed by atoms with Crippen LogP contribution in [0.5, 0.6) is 0 Å². The number of halogens is 3. The van der Waals surface area contributed by atoms with E-state index in [2.05, 4.69) is 10.6 Å². The summed E-state index contributed by atoms with van der Waals surface area (Å²) in [6, 6.07) is 5.03. The van der Waals surface area contributed by atoms with E-state index < -0.39 is 29.5 Å². The lowest BCUT2D eigenvalue weighted by molar-refractivity contribution is -0.137. The molecule has 2 aliphatic rings. The lowest BCUT2D eigenvalue weighted by Crippen LogP contribution is -2.29. The van der Waals surface area contributed by atoms with Crippen LogP contribution in [-0.4, -0.2) is 17.9 Å². The third kappa shape index (κ3) is 3.23. The van der Waals surface area contributed by atoms with Crippen molar-refractivity contribution in [2.45, 2.75) is 31.5 Å². The minimum Gasteiger partial charge on any atom is -0.353 e. The Bertz CT molecular complexity index is 611. The van der Waals surface area contributed by atoms with Crippen LogP contribution in [0.1, 0.15) is 24.8 Å². The van der Waals surface area contributed by atoms with Crippen LogP contribution >= 0.6 is 0 Å². The molecule has 1 aromatic rings. The Morgan fingerprint density at radius 1 is 1.05 bits per heavy atom. The van der Waals surface area contributed by atoms with Gasteiger partial charge >= 0.3 is 6.18 Å². The van der Waals surface area contributed by atoms with Crippen LogP contribution in [0.25, 0.3) is 0 Å². The van der Waals surface area contributed by atoms with Crippen molar-refractivity contribution in [3.63, 3.8) is 0 Å². The van der Waals surface area contributed by atoms with Gasteiger partial charge in [0.15, 0.2) is 0 Å². The maximum atomic E-state index is 12.9. The fraction of sp³-hybridized carbons (Fsp3) is 0.467. The third-order valence-corrected chi connectivity index (χ3v) is 3.88. The smallest absolute Gasteiger partial charge is 0.353 e. The number of carbonyl (C=O) groups excluding carboxylic acids is 2. The van der Waals surface area contributed by atoms with Gasteiger partial charge in [0.05, 0.1) is 23.1 Å². The predicted molar refractivity (Wildman–Crippen MR) is 72.8 cm³/mol. The Labute approximate surface area is 125 Å². The Morgan fingerprint density at radius 2 is 1.68 bits per heavy atom. The number of nitrogens with one attached hydrogen (secondary N) is 2. The zero-order valence-electron chi connectivity index (χ0n) is 11.6. The second-order valence-electron chi connectivity index (χ2n) is 5.76. The molecule has 0 aliphatic heterocycles. The zero-order valence-corrected chi connectivity index (χ0v) is 11.6. The highest BCUT2D eigenvalue weighted by Gasteiger charge is 2.49. The molecule has 22 heavy (non-hydrogen) atoms. The highest BCUT2D eigenvalue weighted by atomic mass is 19.4. The minimum absolute atomic E-state index is 0.174.